The Kier molecular flexibility index (Phi) is 4.87. The molecule has 0 saturated carbocycles. The van der Waals surface area contributed by atoms with Gasteiger partial charge in [-0.15, -0.1) is 0 Å². The van der Waals surface area contributed by atoms with E-state index < -0.39 is 12.5 Å². The predicted molar refractivity (Wildman–Crippen MR) is 103 cm³/mol. The Morgan fingerprint density at radius 3 is 2.86 bits per heavy atom. The molecule has 1 fully saturated rings. The number of H-pyrrole nitrogens is 1. The number of carbonyl (C=O) groups excluding carboxylic acids is 1. The maximum atomic E-state index is 13.8. The first-order valence-electron chi connectivity index (χ1n) is 9.55. The van der Waals surface area contributed by atoms with Gasteiger partial charge in [-0.1, -0.05) is 13.0 Å². The fourth-order valence-corrected chi connectivity index (χ4v) is 3.73. The number of carbonyl (C=O) groups is 1. The monoisotopic (exact) mass is 387 g/mol. The number of nitrogens with zero attached hydrogens (tertiary/aromatic N) is 3. The van der Waals surface area contributed by atoms with Crippen molar-refractivity contribution in [3.05, 3.63) is 36.2 Å². The lowest BCUT2D eigenvalue weighted by atomic mass is 9.90. The van der Waals surface area contributed by atoms with Crippen LogP contribution in [0.5, 0.6) is 0 Å². The number of aromatic amines is 1. The summed E-state index contributed by atoms with van der Waals surface area (Å²) in [6.45, 7) is 1.94. The Morgan fingerprint density at radius 1 is 1.36 bits per heavy atom. The van der Waals surface area contributed by atoms with Crippen LogP contribution >= 0.6 is 0 Å². The van der Waals surface area contributed by atoms with Gasteiger partial charge in [0.05, 0.1) is 17.9 Å². The van der Waals surface area contributed by atoms with Crippen molar-refractivity contribution in [3.63, 3.8) is 0 Å². The van der Waals surface area contributed by atoms with Gasteiger partial charge in [-0.05, 0) is 37.3 Å². The van der Waals surface area contributed by atoms with Crippen LogP contribution in [0.2, 0.25) is 0 Å². The minimum absolute atomic E-state index is 0.190. The van der Waals surface area contributed by atoms with Gasteiger partial charge in [-0.25, -0.2) is 13.8 Å². The third-order valence-corrected chi connectivity index (χ3v) is 5.39. The molecule has 2 N–H and O–H groups in total. The molecular weight excluding hydrogens is 364 g/mol. The number of halogens is 2. The van der Waals surface area contributed by atoms with Gasteiger partial charge in [0.2, 0.25) is 0 Å². The Bertz CT molecular complexity index is 894. The molecule has 0 aromatic carbocycles. The van der Waals surface area contributed by atoms with Crippen LogP contribution in [0.1, 0.15) is 32.6 Å². The zero-order chi connectivity index (χ0) is 19.7. The summed E-state index contributed by atoms with van der Waals surface area (Å²) in [6.07, 6.45) is 7.47. The van der Waals surface area contributed by atoms with E-state index in [9.17, 15) is 13.6 Å². The number of pyridine rings is 1. The van der Waals surface area contributed by atoms with Crippen molar-refractivity contribution in [1.29, 1.82) is 0 Å². The molecule has 0 spiro atoms. The van der Waals surface area contributed by atoms with Gasteiger partial charge in [0.1, 0.15) is 0 Å². The van der Waals surface area contributed by atoms with E-state index in [4.69, 9.17) is 0 Å². The van der Waals surface area contributed by atoms with E-state index in [1.54, 1.807) is 24.5 Å². The maximum absolute atomic E-state index is 13.8. The molecule has 1 saturated heterocycles. The Labute approximate surface area is 162 Å². The summed E-state index contributed by atoms with van der Waals surface area (Å²) in [5.74, 6) is -2.03. The SMILES string of the molecule is C[C@@H]1CC=C(C(=O)Nc2c(-c3ccn[nH]3)ccnc2N2CCC(F)(F)C2)CC1. The van der Waals surface area contributed by atoms with Crippen molar-refractivity contribution in [2.24, 2.45) is 5.92 Å². The van der Waals surface area contributed by atoms with Crippen LogP contribution in [-0.2, 0) is 4.79 Å². The molecule has 0 radical (unpaired) electrons. The largest absolute Gasteiger partial charge is 0.349 e. The zero-order valence-corrected chi connectivity index (χ0v) is 15.7. The Hall–Kier alpha value is -2.77. The van der Waals surface area contributed by atoms with Gasteiger partial charge in [0, 0.05) is 36.5 Å². The molecule has 28 heavy (non-hydrogen) atoms. The van der Waals surface area contributed by atoms with Gasteiger partial charge in [-0.2, -0.15) is 5.10 Å². The number of anilines is 2. The fraction of sp³-hybridized carbons (Fsp3) is 0.450. The number of alkyl halides is 2. The first kappa shape index (κ1) is 18.6. The summed E-state index contributed by atoms with van der Waals surface area (Å²) >= 11 is 0. The van der Waals surface area contributed by atoms with E-state index in [0.29, 0.717) is 35.1 Å². The molecule has 0 unspecified atom stereocenters. The molecular formula is C20H23F2N5O. The molecule has 148 valence electrons. The summed E-state index contributed by atoms with van der Waals surface area (Å²) < 4.78 is 27.6. The second kappa shape index (κ2) is 7.33. The standard InChI is InChI=1S/C20H23F2N5O/c1-13-2-4-14(5-3-13)19(28)25-17-15(16-7-10-24-26-16)6-9-23-18(17)27-11-8-20(21,22)12-27/h4,6-7,9-10,13H,2-3,5,8,11-12H2,1H3,(H,24,26)(H,25,28)/t13-/m1/s1. The van der Waals surface area contributed by atoms with Crippen molar-refractivity contribution in [2.75, 3.05) is 23.3 Å². The second-order valence-electron chi connectivity index (χ2n) is 7.62. The summed E-state index contributed by atoms with van der Waals surface area (Å²) in [4.78, 5) is 18.8. The molecule has 1 atom stereocenters. The molecule has 3 heterocycles. The number of hydrogen-bond donors (Lipinski definition) is 2. The summed E-state index contributed by atoms with van der Waals surface area (Å²) in [5.41, 5.74) is 2.54. The molecule has 1 amide bonds. The number of amides is 1. The summed E-state index contributed by atoms with van der Waals surface area (Å²) in [7, 11) is 0. The van der Waals surface area contributed by atoms with Crippen LogP contribution in [0.15, 0.2) is 36.2 Å². The van der Waals surface area contributed by atoms with Crippen LogP contribution in [0.3, 0.4) is 0 Å². The highest BCUT2D eigenvalue weighted by Crippen LogP contribution is 2.38. The Morgan fingerprint density at radius 2 is 2.21 bits per heavy atom. The number of rotatable bonds is 4. The average Bonchev–Trinajstić information content (AvgIpc) is 3.32. The van der Waals surface area contributed by atoms with Crippen LogP contribution < -0.4 is 10.2 Å². The van der Waals surface area contributed by atoms with Crippen LogP contribution in [0.4, 0.5) is 20.3 Å². The van der Waals surface area contributed by atoms with Crippen LogP contribution in [-0.4, -0.2) is 40.1 Å². The molecule has 6 nitrogen and oxygen atoms in total. The number of nitrogens with one attached hydrogen (secondary N) is 2. The van der Waals surface area contributed by atoms with E-state index in [-0.39, 0.29) is 18.9 Å². The number of hydrogen-bond acceptors (Lipinski definition) is 4. The average molecular weight is 387 g/mol. The van der Waals surface area contributed by atoms with Crippen molar-refractivity contribution < 1.29 is 13.6 Å². The van der Waals surface area contributed by atoms with Crippen molar-refractivity contribution in [3.8, 4) is 11.3 Å². The molecule has 2 aromatic heterocycles. The molecule has 0 bridgehead atoms. The number of aromatic nitrogens is 3. The van der Waals surface area contributed by atoms with Gasteiger partial charge in [-0.3, -0.25) is 9.89 Å². The minimum Gasteiger partial charge on any atom is -0.349 e. The molecule has 4 rings (SSSR count). The maximum Gasteiger partial charge on any atom is 0.266 e. The highest BCUT2D eigenvalue weighted by atomic mass is 19.3. The Balaban J connectivity index is 1.70. The first-order valence-corrected chi connectivity index (χ1v) is 9.55. The van der Waals surface area contributed by atoms with E-state index in [0.717, 1.165) is 18.4 Å². The lowest BCUT2D eigenvalue weighted by Crippen LogP contribution is -2.27. The number of allylic oxidation sites excluding steroid dienone is 1. The third-order valence-electron chi connectivity index (χ3n) is 5.39. The topological polar surface area (TPSA) is 73.9 Å². The lowest BCUT2D eigenvalue weighted by molar-refractivity contribution is -0.113. The van der Waals surface area contributed by atoms with E-state index >= 15 is 0 Å². The fourth-order valence-electron chi connectivity index (χ4n) is 3.73. The van der Waals surface area contributed by atoms with Crippen LogP contribution in [0, 0.1) is 5.92 Å². The molecule has 1 aliphatic carbocycles. The first-order chi connectivity index (χ1) is 13.4. The van der Waals surface area contributed by atoms with Gasteiger partial charge in [0.25, 0.3) is 11.8 Å². The zero-order valence-electron chi connectivity index (χ0n) is 15.7. The molecule has 2 aromatic rings. The predicted octanol–water partition coefficient (Wildman–Crippen LogP) is 4.00. The van der Waals surface area contributed by atoms with E-state index in [2.05, 4.69) is 27.4 Å². The van der Waals surface area contributed by atoms with E-state index in [1.807, 2.05) is 6.08 Å². The van der Waals surface area contributed by atoms with Gasteiger partial charge < -0.3 is 10.2 Å². The molecule has 8 heteroatoms. The summed E-state index contributed by atoms with van der Waals surface area (Å²) in [6, 6.07) is 3.52. The highest BCUT2D eigenvalue weighted by molar-refractivity contribution is 6.07. The highest BCUT2D eigenvalue weighted by Gasteiger charge is 2.40. The van der Waals surface area contributed by atoms with Crippen molar-refractivity contribution in [1.82, 2.24) is 15.2 Å². The van der Waals surface area contributed by atoms with Gasteiger partial charge in [0.15, 0.2) is 5.82 Å². The molecule has 2 aliphatic rings. The second-order valence-corrected chi connectivity index (χ2v) is 7.62. The summed E-state index contributed by atoms with van der Waals surface area (Å²) in [5, 5.41) is 9.79. The normalized spacial score (nSPS) is 21.5. The van der Waals surface area contributed by atoms with Crippen molar-refractivity contribution in [2.45, 2.75) is 38.5 Å². The quantitative estimate of drug-likeness (QED) is 0.832. The van der Waals surface area contributed by atoms with Gasteiger partial charge >= 0.3 is 0 Å². The van der Waals surface area contributed by atoms with Crippen LogP contribution in [0.25, 0.3) is 11.3 Å². The van der Waals surface area contributed by atoms with E-state index in [1.165, 1.54) is 4.90 Å². The third kappa shape index (κ3) is 3.76. The van der Waals surface area contributed by atoms with Crippen molar-refractivity contribution >= 4 is 17.4 Å². The molecule has 1 aliphatic heterocycles. The smallest absolute Gasteiger partial charge is 0.266 e. The minimum atomic E-state index is -2.75. The lowest BCUT2D eigenvalue weighted by Gasteiger charge is -2.23.